The normalized spacial score (nSPS) is 9.96. The molecule has 10 heteroatoms. The van der Waals surface area contributed by atoms with Crippen molar-refractivity contribution >= 4 is 53.0 Å². The van der Waals surface area contributed by atoms with Crippen molar-refractivity contribution in [3.63, 3.8) is 0 Å². The fourth-order valence-electron chi connectivity index (χ4n) is 1.71. The quantitative estimate of drug-likeness (QED) is 0.696. The average Bonchev–Trinajstić information content (AvgIpc) is 2.92. The van der Waals surface area contributed by atoms with Crippen LogP contribution in [0.2, 0.25) is 0 Å². The third-order valence-electron chi connectivity index (χ3n) is 2.82. The van der Waals surface area contributed by atoms with Gasteiger partial charge in [0.25, 0.3) is 0 Å². The molecule has 0 fully saturated rings. The van der Waals surface area contributed by atoms with E-state index in [9.17, 15) is 9.59 Å². The number of amides is 2. The van der Waals surface area contributed by atoms with Gasteiger partial charge in [-0.2, -0.15) is 0 Å². The number of rotatable bonds is 6. The van der Waals surface area contributed by atoms with Crippen LogP contribution in [-0.2, 0) is 9.59 Å². The van der Waals surface area contributed by atoms with Gasteiger partial charge in [-0.3, -0.25) is 9.59 Å². The molecule has 1 aromatic heterocycles. The number of hydrogen-bond acceptors (Lipinski definition) is 7. The molecule has 2 rings (SSSR count). The van der Waals surface area contributed by atoms with Crippen LogP contribution >= 0.6 is 35.5 Å². The summed E-state index contributed by atoms with van der Waals surface area (Å²) in [6.07, 6.45) is 0. The second-order valence-corrected chi connectivity index (χ2v) is 7.20. The number of nitrogens with zero attached hydrogens (tertiary/aromatic N) is 2. The predicted octanol–water partition coefficient (Wildman–Crippen LogP) is 1.74. The monoisotopic (exact) mass is 387 g/mol. The maximum atomic E-state index is 11.8. The molecule has 0 bridgehead atoms. The molecule has 0 spiro atoms. The lowest BCUT2D eigenvalue weighted by molar-refractivity contribution is -0.123. The third kappa shape index (κ3) is 6.08. The van der Waals surface area contributed by atoms with Gasteiger partial charge < -0.3 is 16.4 Å². The van der Waals surface area contributed by atoms with Crippen molar-refractivity contribution in [2.75, 3.05) is 18.4 Å². The van der Waals surface area contributed by atoms with Crippen LogP contribution in [0.15, 0.2) is 27.4 Å². The summed E-state index contributed by atoms with van der Waals surface area (Å²) >= 11 is 3.06. The van der Waals surface area contributed by atoms with Crippen LogP contribution in [0.25, 0.3) is 0 Å². The molecule has 2 aromatic rings. The van der Waals surface area contributed by atoms with Gasteiger partial charge in [0.15, 0.2) is 4.34 Å². The zero-order valence-corrected chi connectivity index (χ0v) is 15.6. The Morgan fingerprint density at radius 1 is 1.25 bits per heavy atom. The van der Waals surface area contributed by atoms with E-state index < -0.39 is 0 Å². The Morgan fingerprint density at radius 3 is 2.58 bits per heavy atom. The summed E-state index contributed by atoms with van der Waals surface area (Å²) in [5.74, 6) is -0.661. The molecule has 2 amide bonds. The molecule has 1 heterocycles. The van der Waals surface area contributed by atoms with Crippen molar-refractivity contribution in [3.05, 3.63) is 28.8 Å². The minimum absolute atomic E-state index is 0. The first kappa shape index (κ1) is 20.4. The average molecular weight is 388 g/mol. The van der Waals surface area contributed by atoms with Crippen LogP contribution in [0.4, 0.5) is 5.69 Å². The molecule has 0 atom stereocenters. The highest BCUT2D eigenvalue weighted by Gasteiger charge is 2.09. The van der Waals surface area contributed by atoms with Gasteiger partial charge in [0.05, 0.1) is 13.1 Å². The van der Waals surface area contributed by atoms with E-state index in [1.165, 1.54) is 23.1 Å². The smallest absolute Gasteiger partial charge is 0.243 e. The molecule has 0 aliphatic heterocycles. The van der Waals surface area contributed by atoms with E-state index in [0.29, 0.717) is 5.69 Å². The Bertz CT molecular complexity index is 723. The van der Waals surface area contributed by atoms with Crippen molar-refractivity contribution in [1.29, 1.82) is 0 Å². The number of nitrogens with one attached hydrogen (secondary N) is 2. The van der Waals surface area contributed by atoms with Gasteiger partial charge in [-0.25, -0.2) is 0 Å². The van der Waals surface area contributed by atoms with E-state index in [1.54, 1.807) is 0 Å². The number of halogens is 1. The van der Waals surface area contributed by atoms with E-state index in [4.69, 9.17) is 5.73 Å². The van der Waals surface area contributed by atoms with Crippen molar-refractivity contribution < 1.29 is 9.59 Å². The van der Waals surface area contributed by atoms with E-state index in [1.807, 2.05) is 32.0 Å². The summed E-state index contributed by atoms with van der Waals surface area (Å²) in [5.41, 5.74) is 6.79. The van der Waals surface area contributed by atoms with Gasteiger partial charge in [-0.1, -0.05) is 23.1 Å². The lowest BCUT2D eigenvalue weighted by atomic mass is 10.2. The highest BCUT2D eigenvalue weighted by Crippen LogP contribution is 2.32. The highest BCUT2D eigenvalue weighted by atomic mass is 35.5. The number of aromatic nitrogens is 2. The highest BCUT2D eigenvalue weighted by molar-refractivity contribution is 8.01. The van der Waals surface area contributed by atoms with Crippen LogP contribution in [0, 0.1) is 13.8 Å². The van der Waals surface area contributed by atoms with Crippen LogP contribution in [-0.4, -0.2) is 35.1 Å². The number of aryl methyl sites for hydroxylation is 2. The SMILES string of the molecule is Cc1nnc(Sc2ccc(NC(=O)CNC(=O)CN)c(C)c2)s1.Cl. The van der Waals surface area contributed by atoms with Crippen molar-refractivity contribution in [2.45, 2.75) is 23.1 Å². The van der Waals surface area contributed by atoms with Crippen LogP contribution in [0.5, 0.6) is 0 Å². The molecule has 130 valence electrons. The van der Waals surface area contributed by atoms with Gasteiger partial charge in [0.2, 0.25) is 11.8 Å². The van der Waals surface area contributed by atoms with Gasteiger partial charge in [0, 0.05) is 10.6 Å². The first-order valence-corrected chi connectivity index (χ1v) is 8.46. The number of carbonyl (C=O) groups is 2. The summed E-state index contributed by atoms with van der Waals surface area (Å²) in [5, 5.41) is 14.2. The molecule has 7 nitrogen and oxygen atoms in total. The number of hydrogen-bond donors (Lipinski definition) is 3. The Labute approximate surface area is 154 Å². The lowest BCUT2D eigenvalue weighted by Gasteiger charge is -2.10. The predicted molar refractivity (Wildman–Crippen MR) is 97.9 cm³/mol. The largest absolute Gasteiger partial charge is 0.346 e. The third-order valence-corrected chi connectivity index (χ3v) is 4.70. The van der Waals surface area contributed by atoms with Crippen molar-refractivity contribution in [2.24, 2.45) is 5.73 Å². The fraction of sp³-hybridized carbons (Fsp3) is 0.286. The molecule has 0 aliphatic rings. The standard InChI is InChI=1S/C14H17N5O2S2.ClH/c1-8-5-10(23-14-19-18-9(2)22-14)3-4-11(8)17-13(21)7-16-12(20)6-15;/h3-5H,6-7,15H2,1-2H3,(H,16,20)(H,17,21);1H. The summed E-state index contributed by atoms with van der Waals surface area (Å²) in [6, 6.07) is 5.70. The maximum absolute atomic E-state index is 11.8. The molecule has 0 radical (unpaired) electrons. The number of carbonyl (C=O) groups excluding carboxylic acids is 2. The summed E-state index contributed by atoms with van der Waals surface area (Å²) < 4.78 is 0.878. The molecule has 24 heavy (non-hydrogen) atoms. The van der Waals surface area contributed by atoms with Gasteiger partial charge in [0.1, 0.15) is 5.01 Å². The molecule has 0 saturated carbocycles. The lowest BCUT2D eigenvalue weighted by Crippen LogP contribution is -2.36. The van der Waals surface area contributed by atoms with E-state index in [2.05, 4.69) is 20.8 Å². The van der Waals surface area contributed by atoms with Crippen LogP contribution in [0.3, 0.4) is 0 Å². The van der Waals surface area contributed by atoms with Crippen LogP contribution in [0.1, 0.15) is 10.6 Å². The molecule has 4 N–H and O–H groups in total. The molecule has 1 aromatic carbocycles. The number of anilines is 1. The van der Waals surface area contributed by atoms with Gasteiger partial charge >= 0.3 is 0 Å². The summed E-state index contributed by atoms with van der Waals surface area (Å²) in [4.78, 5) is 23.8. The van der Waals surface area contributed by atoms with E-state index >= 15 is 0 Å². The van der Waals surface area contributed by atoms with E-state index in [0.717, 1.165) is 19.8 Å². The minimum atomic E-state index is -0.365. The van der Waals surface area contributed by atoms with Crippen molar-refractivity contribution in [1.82, 2.24) is 15.5 Å². The zero-order chi connectivity index (χ0) is 16.8. The molecule has 0 aliphatic carbocycles. The summed E-state index contributed by atoms with van der Waals surface area (Å²) in [7, 11) is 0. The first-order chi connectivity index (χ1) is 11.0. The Balaban J connectivity index is 0.00000288. The Kier molecular flexibility index (Phi) is 8.13. The Hall–Kier alpha value is -1.68. The number of nitrogens with two attached hydrogens (primary N) is 1. The molecule has 0 unspecified atom stereocenters. The first-order valence-electron chi connectivity index (χ1n) is 6.83. The summed E-state index contributed by atoms with van der Waals surface area (Å²) in [6.45, 7) is 3.58. The second-order valence-electron chi connectivity index (χ2n) is 4.69. The molecular formula is C14H18ClN5O2S2. The maximum Gasteiger partial charge on any atom is 0.243 e. The topological polar surface area (TPSA) is 110 Å². The molecular weight excluding hydrogens is 370 g/mol. The minimum Gasteiger partial charge on any atom is -0.346 e. The van der Waals surface area contributed by atoms with Crippen LogP contribution < -0.4 is 16.4 Å². The fourth-order valence-corrected chi connectivity index (χ4v) is 3.59. The zero-order valence-electron chi connectivity index (χ0n) is 13.2. The molecule has 0 saturated heterocycles. The van der Waals surface area contributed by atoms with Crippen molar-refractivity contribution in [3.8, 4) is 0 Å². The van der Waals surface area contributed by atoms with E-state index in [-0.39, 0.29) is 37.3 Å². The van der Waals surface area contributed by atoms with Gasteiger partial charge in [-0.15, -0.1) is 22.6 Å². The second kappa shape index (κ2) is 9.58. The number of benzene rings is 1. The Morgan fingerprint density at radius 2 is 2.00 bits per heavy atom. The van der Waals surface area contributed by atoms with Gasteiger partial charge in [-0.05, 0) is 37.6 Å².